The van der Waals surface area contributed by atoms with Gasteiger partial charge in [0.2, 0.25) is 0 Å². The van der Waals surface area contributed by atoms with Gasteiger partial charge in [0.25, 0.3) is 0 Å². The molecule has 6 N–H and O–H groups in total. The molecule has 0 saturated carbocycles. The lowest BCUT2D eigenvalue weighted by Gasteiger charge is -1.99. The summed E-state index contributed by atoms with van der Waals surface area (Å²) in [6.07, 6.45) is 1.52. The minimum atomic E-state index is -0.0320. The topological polar surface area (TPSA) is 139 Å². The fourth-order valence-corrected chi connectivity index (χ4v) is 2.05. The van der Waals surface area contributed by atoms with Gasteiger partial charge in [0, 0.05) is 29.0 Å². The molecule has 0 spiro atoms. The Hall–Kier alpha value is -2.90. The van der Waals surface area contributed by atoms with Gasteiger partial charge in [-0.2, -0.15) is 0 Å². The quantitative estimate of drug-likeness (QED) is 0.408. The number of hydrogen-bond donors (Lipinski definition) is 4. The molecular formula is C16H16Cl2N6O. The summed E-state index contributed by atoms with van der Waals surface area (Å²) in [6, 6.07) is 12.3. The molecular weight excluding hydrogens is 363 g/mol. The van der Waals surface area contributed by atoms with Gasteiger partial charge in [0.05, 0.1) is 5.69 Å². The number of hydrogen-bond acceptors (Lipinski definition) is 5. The van der Waals surface area contributed by atoms with Gasteiger partial charge in [0.15, 0.2) is 5.76 Å². The highest BCUT2D eigenvalue weighted by atomic mass is 35.5. The third-order valence-electron chi connectivity index (χ3n) is 3.33. The molecule has 9 heteroatoms. The molecule has 2 heterocycles. The Bertz CT molecular complexity index is 802. The van der Waals surface area contributed by atoms with Crippen LogP contribution in [0.1, 0.15) is 11.1 Å². The monoisotopic (exact) mass is 378 g/mol. The third kappa shape index (κ3) is 4.34. The highest BCUT2D eigenvalue weighted by Crippen LogP contribution is 2.25. The first-order valence-electron chi connectivity index (χ1n) is 6.77. The fourth-order valence-electron chi connectivity index (χ4n) is 2.05. The summed E-state index contributed by atoms with van der Waals surface area (Å²) in [5.74, 6) is 0.576. The number of halogens is 2. The van der Waals surface area contributed by atoms with E-state index in [9.17, 15) is 0 Å². The van der Waals surface area contributed by atoms with Crippen LogP contribution >= 0.6 is 24.8 Å². The number of nitrogens with one attached hydrogen (secondary N) is 2. The summed E-state index contributed by atoms with van der Waals surface area (Å²) in [5, 5.41) is 18.7. The first kappa shape index (κ1) is 20.1. The number of aromatic nitrogens is 2. The van der Waals surface area contributed by atoms with Crippen molar-refractivity contribution in [2.45, 2.75) is 0 Å². The molecule has 3 aromatic rings. The third-order valence-corrected chi connectivity index (χ3v) is 3.33. The summed E-state index contributed by atoms with van der Waals surface area (Å²) >= 11 is 0. The number of rotatable bonds is 4. The second-order valence-corrected chi connectivity index (χ2v) is 4.91. The lowest BCUT2D eigenvalue weighted by Crippen LogP contribution is -2.11. The van der Waals surface area contributed by atoms with E-state index < -0.39 is 0 Å². The van der Waals surface area contributed by atoms with E-state index in [0.717, 1.165) is 5.56 Å². The number of nitrogens with zero attached hydrogens (tertiary/aromatic N) is 2. The van der Waals surface area contributed by atoms with E-state index in [1.165, 1.54) is 6.20 Å². The number of pyridine rings is 1. The van der Waals surface area contributed by atoms with Gasteiger partial charge in [-0.25, -0.2) is 0 Å². The number of nitrogen functional groups attached to an aromatic ring is 2. The average Bonchev–Trinajstić information content (AvgIpc) is 3.05. The largest absolute Gasteiger partial charge is 0.384 e. The Morgan fingerprint density at radius 2 is 1.44 bits per heavy atom. The zero-order valence-electron chi connectivity index (χ0n) is 12.9. The van der Waals surface area contributed by atoms with Gasteiger partial charge in [-0.3, -0.25) is 15.8 Å². The summed E-state index contributed by atoms with van der Waals surface area (Å²) in [6.45, 7) is 0. The Morgan fingerprint density at radius 1 is 0.840 bits per heavy atom. The van der Waals surface area contributed by atoms with E-state index in [-0.39, 0.29) is 36.5 Å². The van der Waals surface area contributed by atoms with Gasteiger partial charge < -0.3 is 16.0 Å². The second-order valence-electron chi connectivity index (χ2n) is 4.91. The molecule has 0 unspecified atom stereocenters. The second kappa shape index (κ2) is 8.27. The maximum absolute atomic E-state index is 7.38. The average molecular weight is 379 g/mol. The molecule has 25 heavy (non-hydrogen) atoms. The lowest BCUT2D eigenvalue weighted by atomic mass is 10.1. The number of benzene rings is 1. The molecule has 7 nitrogen and oxygen atoms in total. The molecule has 3 rings (SSSR count). The zero-order valence-corrected chi connectivity index (χ0v) is 14.5. The number of nitrogens with two attached hydrogens (primary N) is 2. The first-order valence-corrected chi connectivity index (χ1v) is 6.77. The van der Waals surface area contributed by atoms with E-state index in [1.807, 2.05) is 12.1 Å². The standard InChI is InChI=1S/C16H14N6O.2ClH/c17-15(18)10-3-1-9(2-4-10)14-7-13(22-23-14)12-6-5-11(8-21-12)16(19)20;;/h1-8H,(H3,17,18)(H3,19,20);2*1H. The van der Waals surface area contributed by atoms with Crippen LogP contribution in [0.4, 0.5) is 0 Å². The Morgan fingerprint density at radius 3 is 1.96 bits per heavy atom. The summed E-state index contributed by atoms with van der Waals surface area (Å²) < 4.78 is 5.34. The SMILES string of the molecule is Cl.Cl.N=C(N)c1ccc(-c2cc(-c3ccc(C(=N)N)cn3)no2)cc1. The molecule has 0 bridgehead atoms. The van der Waals surface area contributed by atoms with Crippen LogP contribution in [-0.2, 0) is 0 Å². The van der Waals surface area contributed by atoms with Gasteiger partial charge in [-0.05, 0) is 12.1 Å². The van der Waals surface area contributed by atoms with Crippen LogP contribution in [0.5, 0.6) is 0 Å². The van der Waals surface area contributed by atoms with Crippen LogP contribution in [0, 0.1) is 10.8 Å². The minimum absolute atomic E-state index is 0. The molecule has 0 aliphatic carbocycles. The van der Waals surface area contributed by atoms with Crippen molar-refractivity contribution in [2.75, 3.05) is 0 Å². The molecule has 0 fully saturated rings. The summed E-state index contributed by atoms with van der Waals surface area (Å²) in [4.78, 5) is 4.23. The molecule has 0 atom stereocenters. The summed E-state index contributed by atoms with van der Waals surface area (Å²) in [7, 11) is 0. The van der Waals surface area contributed by atoms with Crippen molar-refractivity contribution in [1.82, 2.24) is 10.1 Å². The van der Waals surface area contributed by atoms with E-state index in [1.54, 1.807) is 30.3 Å². The van der Waals surface area contributed by atoms with Crippen LogP contribution < -0.4 is 11.5 Å². The zero-order chi connectivity index (χ0) is 16.4. The van der Waals surface area contributed by atoms with Gasteiger partial charge >= 0.3 is 0 Å². The van der Waals surface area contributed by atoms with Crippen molar-refractivity contribution in [1.29, 1.82) is 10.8 Å². The van der Waals surface area contributed by atoms with E-state index in [4.69, 9.17) is 26.8 Å². The molecule has 130 valence electrons. The van der Waals surface area contributed by atoms with Gasteiger partial charge in [-0.15, -0.1) is 24.8 Å². The molecule has 0 aliphatic heterocycles. The molecule has 0 amide bonds. The molecule has 1 aromatic carbocycles. The lowest BCUT2D eigenvalue weighted by molar-refractivity contribution is 0.434. The molecule has 2 aromatic heterocycles. The highest BCUT2D eigenvalue weighted by Gasteiger charge is 2.10. The van der Waals surface area contributed by atoms with Gasteiger partial charge in [0.1, 0.15) is 17.4 Å². The van der Waals surface area contributed by atoms with Crippen molar-refractivity contribution in [3.05, 3.63) is 59.8 Å². The van der Waals surface area contributed by atoms with Crippen LogP contribution in [-0.4, -0.2) is 21.8 Å². The van der Waals surface area contributed by atoms with E-state index in [0.29, 0.717) is 28.3 Å². The van der Waals surface area contributed by atoms with Gasteiger partial charge in [-0.1, -0.05) is 29.4 Å². The maximum Gasteiger partial charge on any atom is 0.167 e. The van der Waals surface area contributed by atoms with E-state index >= 15 is 0 Å². The molecule has 0 saturated heterocycles. The summed E-state index contributed by atoms with van der Waals surface area (Å²) in [5.41, 5.74) is 14.1. The maximum atomic E-state index is 7.38. The van der Waals surface area contributed by atoms with Crippen LogP contribution in [0.25, 0.3) is 22.7 Å². The van der Waals surface area contributed by atoms with Crippen molar-refractivity contribution >= 4 is 36.5 Å². The predicted octanol–water partition coefficient (Wildman–Crippen LogP) is 2.82. The minimum Gasteiger partial charge on any atom is -0.384 e. The van der Waals surface area contributed by atoms with Crippen LogP contribution in [0.2, 0.25) is 0 Å². The predicted molar refractivity (Wildman–Crippen MR) is 102 cm³/mol. The Kier molecular flexibility index (Phi) is 6.67. The fraction of sp³-hybridized carbons (Fsp3) is 0. The smallest absolute Gasteiger partial charge is 0.167 e. The molecule has 0 radical (unpaired) electrons. The Balaban J connectivity index is 0.00000156. The van der Waals surface area contributed by atoms with E-state index in [2.05, 4.69) is 10.1 Å². The molecule has 0 aliphatic rings. The highest BCUT2D eigenvalue weighted by molar-refractivity contribution is 5.95. The van der Waals surface area contributed by atoms with Crippen molar-refractivity contribution < 1.29 is 4.52 Å². The number of amidine groups is 2. The van der Waals surface area contributed by atoms with Crippen molar-refractivity contribution in [3.63, 3.8) is 0 Å². The van der Waals surface area contributed by atoms with Crippen LogP contribution in [0.15, 0.2) is 53.2 Å². The van der Waals surface area contributed by atoms with Crippen molar-refractivity contribution in [2.24, 2.45) is 11.5 Å². The Labute approximate surface area is 156 Å². The van der Waals surface area contributed by atoms with Crippen LogP contribution in [0.3, 0.4) is 0 Å². The normalized spacial score (nSPS) is 9.60. The van der Waals surface area contributed by atoms with Crippen molar-refractivity contribution in [3.8, 4) is 22.7 Å². The first-order chi connectivity index (χ1) is 11.0.